The molecule has 0 spiro atoms. The fraction of sp³-hybridized carbons (Fsp3) is 0.467. The van der Waals surface area contributed by atoms with E-state index < -0.39 is 5.97 Å². The van der Waals surface area contributed by atoms with Crippen LogP contribution in [0.25, 0.3) is 0 Å². The molecule has 1 aliphatic rings. The number of nitrogens with zero attached hydrogens (tertiary/aromatic N) is 1. The van der Waals surface area contributed by atoms with E-state index in [1.807, 2.05) is 6.92 Å². The zero-order valence-electron chi connectivity index (χ0n) is 11.6. The first-order chi connectivity index (χ1) is 9.49. The fourth-order valence-electron chi connectivity index (χ4n) is 2.48. The van der Waals surface area contributed by atoms with Crippen molar-refractivity contribution < 1.29 is 14.7 Å². The summed E-state index contributed by atoms with van der Waals surface area (Å²) in [5, 5.41) is 9.01. The van der Waals surface area contributed by atoms with Crippen molar-refractivity contribution in [3.8, 4) is 0 Å². The summed E-state index contributed by atoms with van der Waals surface area (Å²) in [6.45, 7) is 2.58. The van der Waals surface area contributed by atoms with E-state index in [-0.39, 0.29) is 17.5 Å². The van der Waals surface area contributed by atoms with Gasteiger partial charge in [0.25, 0.3) is 0 Å². The normalized spacial score (nSPS) is 15.6. The lowest BCUT2D eigenvalue weighted by atomic mass is 9.98. The summed E-state index contributed by atoms with van der Waals surface area (Å²) in [6.07, 6.45) is 2.77. The van der Waals surface area contributed by atoms with Crippen molar-refractivity contribution >= 4 is 17.6 Å². The zero-order chi connectivity index (χ0) is 14.7. The van der Waals surface area contributed by atoms with Crippen LogP contribution in [0.3, 0.4) is 0 Å². The predicted molar refractivity (Wildman–Crippen MR) is 77.0 cm³/mol. The first-order valence-electron chi connectivity index (χ1n) is 6.91. The molecule has 1 unspecified atom stereocenters. The first-order valence-corrected chi connectivity index (χ1v) is 6.91. The average molecular weight is 276 g/mol. The largest absolute Gasteiger partial charge is 0.478 e. The van der Waals surface area contributed by atoms with Crippen molar-refractivity contribution in [2.75, 3.05) is 11.4 Å². The highest BCUT2D eigenvalue weighted by atomic mass is 16.4. The Balaban J connectivity index is 2.20. The summed E-state index contributed by atoms with van der Waals surface area (Å²) < 4.78 is 0. The van der Waals surface area contributed by atoms with Crippen LogP contribution in [0, 0.1) is 0 Å². The van der Waals surface area contributed by atoms with E-state index in [0.29, 0.717) is 19.4 Å². The molecule has 0 saturated carbocycles. The molecular weight excluding hydrogens is 256 g/mol. The molecule has 3 N–H and O–H groups in total. The molecule has 1 aromatic carbocycles. The molecule has 20 heavy (non-hydrogen) atoms. The summed E-state index contributed by atoms with van der Waals surface area (Å²) in [6, 6.07) is 4.97. The molecular formula is C15H20N2O3. The highest BCUT2D eigenvalue weighted by molar-refractivity contribution is 5.96. The van der Waals surface area contributed by atoms with Gasteiger partial charge in [-0.25, -0.2) is 4.79 Å². The van der Waals surface area contributed by atoms with Crippen molar-refractivity contribution in [1.29, 1.82) is 0 Å². The lowest BCUT2D eigenvalue weighted by molar-refractivity contribution is -0.118. The van der Waals surface area contributed by atoms with Crippen molar-refractivity contribution in [3.05, 3.63) is 29.3 Å². The van der Waals surface area contributed by atoms with Gasteiger partial charge in [0.2, 0.25) is 5.91 Å². The SMILES string of the molecule is CC(N)CCC(=O)N1CCCc2cc(C(=O)O)ccc21. The second-order valence-corrected chi connectivity index (χ2v) is 5.31. The Labute approximate surface area is 118 Å². The van der Waals surface area contributed by atoms with Gasteiger partial charge in [-0.15, -0.1) is 0 Å². The Hall–Kier alpha value is -1.88. The Morgan fingerprint density at radius 1 is 1.45 bits per heavy atom. The van der Waals surface area contributed by atoms with Crippen LogP contribution in [-0.4, -0.2) is 29.6 Å². The number of benzene rings is 1. The standard InChI is InChI=1S/C15H20N2O3/c1-10(16)4-7-14(18)17-8-2-3-11-9-12(15(19)20)5-6-13(11)17/h5-6,9-10H,2-4,7-8,16H2,1H3,(H,19,20). The number of aromatic carboxylic acids is 1. The van der Waals surface area contributed by atoms with E-state index in [4.69, 9.17) is 10.8 Å². The lowest BCUT2D eigenvalue weighted by Crippen LogP contribution is -2.36. The topological polar surface area (TPSA) is 83.6 Å². The number of fused-ring (bicyclic) bond motifs is 1. The number of anilines is 1. The molecule has 1 atom stereocenters. The molecule has 2 rings (SSSR count). The number of carboxylic acid groups (broad SMARTS) is 1. The summed E-state index contributed by atoms with van der Waals surface area (Å²) in [7, 11) is 0. The van der Waals surface area contributed by atoms with E-state index in [1.54, 1.807) is 23.1 Å². The number of nitrogens with two attached hydrogens (primary N) is 1. The van der Waals surface area contributed by atoms with Crippen molar-refractivity contribution in [1.82, 2.24) is 0 Å². The van der Waals surface area contributed by atoms with Crippen molar-refractivity contribution in [2.24, 2.45) is 5.73 Å². The molecule has 0 aliphatic carbocycles. The fourth-order valence-corrected chi connectivity index (χ4v) is 2.48. The molecule has 0 fully saturated rings. The smallest absolute Gasteiger partial charge is 0.335 e. The van der Waals surface area contributed by atoms with Gasteiger partial charge in [0.15, 0.2) is 0 Å². The van der Waals surface area contributed by atoms with Crippen LogP contribution >= 0.6 is 0 Å². The summed E-state index contributed by atoms with van der Waals surface area (Å²) >= 11 is 0. The first kappa shape index (κ1) is 14.5. The van der Waals surface area contributed by atoms with Gasteiger partial charge in [-0.2, -0.15) is 0 Å². The van der Waals surface area contributed by atoms with E-state index in [2.05, 4.69) is 0 Å². The number of carbonyl (C=O) groups excluding carboxylic acids is 1. The van der Waals surface area contributed by atoms with Crippen LogP contribution in [0.2, 0.25) is 0 Å². The Morgan fingerprint density at radius 2 is 2.20 bits per heavy atom. The van der Waals surface area contributed by atoms with Gasteiger partial charge in [-0.3, -0.25) is 4.79 Å². The Bertz CT molecular complexity index is 526. The third-order valence-electron chi connectivity index (χ3n) is 3.56. The lowest BCUT2D eigenvalue weighted by Gasteiger charge is -2.30. The molecule has 1 heterocycles. The molecule has 0 radical (unpaired) electrons. The second-order valence-electron chi connectivity index (χ2n) is 5.31. The van der Waals surface area contributed by atoms with Gasteiger partial charge < -0.3 is 15.7 Å². The van der Waals surface area contributed by atoms with E-state index in [1.165, 1.54) is 0 Å². The van der Waals surface area contributed by atoms with Crippen molar-refractivity contribution in [3.63, 3.8) is 0 Å². The van der Waals surface area contributed by atoms with Gasteiger partial charge in [0.1, 0.15) is 0 Å². The van der Waals surface area contributed by atoms with Crippen LogP contribution < -0.4 is 10.6 Å². The monoisotopic (exact) mass is 276 g/mol. The number of aryl methyl sites for hydroxylation is 1. The average Bonchev–Trinajstić information content (AvgIpc) is 2.43. The molecule has 0 bridgehead atoms. The van der Waals surface area contributed by atoms with Crippen LogP contribution in [0.5, 0.6) is 0 Å². The van der Waals surface area contributed by atoms with Gasteiger partial charge in [-0.05, 0) is 49.9 Å². The molecule has 1 aliphatic heterocycles. The minimum absolute atomic E-state index is 0.0117. The number of carboxylic acids is 1. The molecule has 5 heteroatoms. The summed E-state index contributed by atoms with van der Waals surface area (Å²) in [5.74, 6) is -0.875. The van der Waals surface area contributed by atoms with Gasteiger partial charge in [-0.1, -0.05) is 0 Å². The molecule has 108 valence electrons. The van der Waals surface area contributed by atoms with Crippen molar-refractivity contribution in [2.45, 2.75) is 38.6 Å². The maximum atomic E-state index is 12.2. The minimum atomic E-state index is -0.937. The molecule has 1 aromatic rings. The number of amides is 1. The maximum absolute atomic E-state index is 12.2. The number of carbonyl (C=O) groups is 2. The maximum Gasteiger partial charge on any atom is 0.335 e. The Morgan fingerprint density at radius 3 is 2.85 bits per heavy atom. The molecule has 0 saturated heterocycles. The number of hydrogen-bond donors (Lipinski definition) is 2. The quantitative estimate of drug-likeness (QED) is 0.878. The Kier molecular flexibility index (Phi) is 4.39. The summed E-state index contributed by atoms with van der Waals surface area (Å²) in [4.78, 5) is 25.0. The van der Waals surface area contributed by atoms with Gasteiger partial charge in [0.05, 0.1) is 5.56 Å². The highest BCUT2D eigenvalue weighted by Crippen LogP contribution is 2.28. The van der Waals surface area contributed by atoms with Gasteiger partial charge >= 0.3 is 5.97 Å². The van der Waals surface area contributed by atoms with Crippen LogP contribution in [0.4, 0.5) is 5.69 Å². The van der Waals surface area contributed by atoms with Crippen LogP contribution in [0.1, 0.15) is 42.1 Å². The summed E-state index contributed by atoms with van der Waals surface area (Å²) in [5.41, 5.74) is 7.73. The second kappa shape index (κ2) is 6.05. The highest BCUT2D eigenvalue weighted by Gasteiger charge is 2.23. The van der Waals surface area contributed by atoms with E-state index in [0.717, 1.165) is 24.1 Å². The number of hydrogen-bond acceptors (Lipinski definition) is 3. The molecule has 1 amide bonds. The van der Waals surface area contributed by atoms with Crippen LogP contribution in [0.15, 0.2) is 18.2 Å². The predicted octanol–water partition coefficient (Wildman–Crippen LogP) is 1.79. The van der Waals surface area contributed by atoms with E-state index >= 15 is 0 Å². The number of rotatable bonds is 4. The zero-order valence-corrected chi connectivity index (χ0v) is 11.6. The van der Waals surface area contributed by atoms with Crippen LogP contribution in [-0.2, 0) is 11.2 Å². The third-order valence-corrected chi connectivity index (χ3v) is 3.56. The third kappa shape index (κ3) is 3.17. The van der Waals surface area contributed by atoms with Gasteiger partial charge in [0, 0.05) is 24.7 Å². The minimum Gasteiger partial charge on any atom is -0.478 e. The molecule has 5 nitrogen and oxygen atoms in total. The van der Waals surface area contributed by atoms with E-state index in [9.17, 15) is 9.59 Å². The molecule has 0 aromatic heterocycles.